The third-order valence-corrected chi connectivity index (χ3v) is 7.61. The zero-order valence-electron chi connectivity index (χ0n) is 20.3. The number of benzene rings is 2. The van der Waals surface area contributed by atoms with Crippen LogP contribution >= 0.6 is 0 Å². The lowest BCUT2D eigenvalue weighted by atomic mass is 9.77. The Labute approximate surface area is 211 Å². The number of aliphatic hydroxyl groups excluding tert-OH is 1. The lowest BCUT2D eigenvalue weighted by Crippen LogP contribution is -2.23. The minimum Gasteiger partial charge on any atom is -0.388 e. The van der Waals surface area contributed by atoms with E-state index in [1.165, 1.54) is 24.3 Å². The highest BCUT2D eigenvalue weighted by atomic mass is 19.4. The molecule has 2 aliphatic carbocycles. The van der Waals surface area contributed by atoms with Gasteiger partial charge in [0.15, 0.2) is 6.17 Å². The van der Waals surface area contributed by atoms with Crippen LogP contribution < -0.4 is 0 Å². The lowest BCUT2D eigenvalue weighted by Gasteiger charge is -2.32. The van der Waals surface area contributed by atoms with Crippen LogP contribution in [0.25, 0.3) is 11.1 Å². The first-order chi connectivity index (χ1) is 17.5. The van der Waals surface area contributed by atoms with Crippen LogP contribution in [0.4, 0.5) is 26.3 Å². The van der Waals surface area contributed by atoms with E-state index in [2.05, 4.69) is 0 Å². The molecule has 0 saturated heterocycles. The van der Waals surface area contributed by atoms with Gasteiger partial charge in [0.05, 0.1) is 17.4 Å². The molecule has 8 heteroatoms. The summed E-state index contributed by atoms with van der Waals surface area (Å²) in [5.74, 6) is -1.78. The van der Waals surface area contributed by atoms with E-state index in [-0.39, 0.29) is 17.4 Å². The van der Waals surface area contributed by atoms with E-state index in [0.29, 0.717) is 53.1 Å². The van der Waals surface area contributed by atoms with E-state index < -0.39 is 41.2 Å². The van der Waals surface area contributed by atoms with Crippen molar-refractivity contribution in [2.45, 2.75) is 69.8 Å². The largest absolute Gasteiger partial charge is 0.416 e. The lowest BCUT2D eigenvalue weighted by molar-refractivity contribution is -0.137. The Morgan fingerprint density at radius 1 is 1.00 bits per heavy atom. The number of hydrogen-bond acceptors (Lipinski definition) is 2. The van der Waals surface area contributed by atoms with Crippen molar-refractivity contribution in [3.8, 4) is 11.1 Å². The van der Waals surface area contributed by atoms with Crippen molar-refractivity contribution in [2.24, 2.45) is 5.92 Å². The van der Waals surface area contributed by atoms with E-state index in [1.807, 2.05) is 6.92 Å². The molecular formula is C29H27F6NO. The van der Waals surface area contributed by atoms with Gasteiger partial charge in [0.25, 0.3) is 0 Å². The second-order valence-electron chi connectivity index (χ2n) is 10.3. The Hall–Kier alpha value is -2.87. The third-order valence-electron chi connectivity index (χ3n) is 7.61. The molecule has 1 fully saturated rings. The summed E-state index contributed by atoms with van der Waals surface area (Å²) in [6.07, 6.45) is -3.56. The van der Waals surface area contributed by atoms with Crippen molar-refractivity contribution in [1.29, 1.82) is 0 Å². The van der Waals surface area contributed by atoms with Crippen LogP contribution in [0.1, 0.15) is 90.9 Å². The molecule has 2 nitrogen and oxygen atoms in total. The summed E-state index contributed by atoms with van der Waals surface area (Å²) < 4.78 is 84.8. The highest BCUT2D eigenvalue weighted by molar-refractivity contribution is 5.75. The molecule has 1 saturated carbocycles. The summed E-state index contributed by atoms with van der Waals surface area (Å²) in [5.41, 5.74) is 0.594. The smallest absolute Gasteiger partial charge is 0.388 e. The molecule has 1 N–H and O–H groups in total. The van der Waals surface area contributed by atoms with E-state index in [4.69, 9.17) is 4.98 Å². The maximum Gasteiger partial charge on any atom is 0.416 e. The fourth-order valence-corrected chi connectivity index (χ4v) is 5.87. The van der Waals surface area contributed by atoms with Gasteiger partial charge >= 0.3 is 6.18 Å². The maximum atomic E-state index is 16.6. The molecule has 0 aliphatic heterocycles. The second-order valence-corrected chi connectivity index (χ2v) is 10.3. The standard InChI is InChI=1S/C29H27F6NO/c1-15-12-22-25(23(37)13-15)24(16-6-9-19(30)10-7-16)26(28(36-22)17-4-2-3-5-17)27(32)20-11-8-18(14-21(20)31)29(33,34)35/h6-11,14-15,17,23,27,37H,2-5,12-13H2,1H3. The summed E-state index contributed by atoms with van der Waals surface area (Å²) in [6.45, 7) is 1.99. The van der Waals surface area contributed by atoms with Gasteiger partial charge in [-0.25, -0.2) is 13.2 Å². The first-order valence-corrected chi connectivity index (χ1v) is 12.6. The molecule has 3 aromatic rings. The number of rotatable bonds is 4. The van der Waals surface area contributed by atoms with Gasteiger partial charge in [-0.15, -0.1) is 0 Å². The Morgan fingerprint density at radius 2 is 1.68 bits per heavy atom. The van der Waals surface area contributed by atoms with Gasteiger partial charge in [0.2, 0.25) is 0 Å². The SMILES string of the molecule is CC1Cc2nc(C3CCCC3)c(C(F)c3ccc(C(F)(F)F)cc3F)c(-c3ccc(F)cc3)c2C(O)C1. The molecule has 0 amide bonds. The number of hydrogen-bond donors (Lipinski definition) is 1. The Balaban J connectivity index is 1.79. The summed E-state index contributed by atoms with van der Waals surface area (Å²) in [7, 11) is 0. The Morgan fingerprint density at radius 3 is 2.30 bits per heavy atom. The van der Waals surface area contributed by atoms with Crippen LogP contribution in [-0.4, -0.2) is 10.1 Å². The average Bonchev–Trinajstić information content (AvgIpc) is 3.37. The predicted octanol–water partition coefficient (Wildman–Crippen LogP) is 8.38. The quantitative estimate of drug-likeness (QED) is 0.351. The first kappa shape index (κ1) is 25.8. The third kappa shape index (κ3) is 4.88. The topological polar surface area (TPSA) is 33.1 Å². The molecule has 1 heterocycles. The maximum absolute atomic E-state index is 16.6. The molecule has 1 aromatic heterocycles. The summed E-state index contributed by atoms with van der Waals surface area (Å²) in [5, 5.41) is 11.1. The van der Waals surface area contributed by atoms with Crippen molar-refractivity contribution in [1.82, 2.24) is 4.98 Å². The summed E-state index contributed by atoms with van der Waals surface area (Å²) in [4.78, 5) is 4.86. The normalized spacial score (nSPS) is 21.2. The highest BCUT2D eigenvalue weighted by Gasteiger charge is 2.38. The fraction of sp³-hybridized carbons (Fsp3) is 0.414. The van der Waals surface area contributed by atoms with Crippen molar-refractivity contribution in [2.75, 3.05) is 0 Å². The van der Waals surface area contributed by atoms with E-state index in [1.54, 1.807) is 0 Å². The van der Waals surface area contributed by atoms with E-state index in [0.717, 1.165) is 31.7 Å². The molecule has 3 atom stereocenters. The van der Waals surface area contributed by atoms with Crippen LogP contribution in [0.2, 0.25) is 0 Å². The average molecular weight is 520 g/mol. The van der Waals surface area contributed by atoms with Crippen molar-refractivity contribution in [3.05, 3.63) is 87.7 Å². The van der Waals surface area contributed by atoms with Gasteiger partial charge in [-0.2, -0.15) is 13.2 Å². The van der Waals surface area contributed by atoms with Crippen molar-refractivity contribution in [3.63, 3.8) is 0 Å². The number of nitrogens with zero attached hydrogens (tertiary/aromatic N) is 1. The minimum absolute atomic E-state index is 0.0459. The first-order valence-electron chi connectivity index (χ1n) is 12.6. The molecule has 0 bridgehead atoms. The van der Waals surface area contributed by atoms with Crippen LogP contribution in [0, 0.1) is 17.6 Å². The summed E-state index contributed by atoms with van der Waals surface area (Å²) in [6, 6.07) is 7.21. The highest BCUT2D eigenvalue weighted by Crippen LogP contribution is 2.49. The monoisotopic (exact) mass is 519 g/mol. The van der Waals surface area contributed by atoms with Crippen LogP contribution in [-0.2, 0) is 12.6 Å². The second kappa shape index (κ2) is 9.78. The molecular weight excluding hydrogens is 492 g/mol. The van der Waals surface area contributed by atoms with E-state index in [9.17, 15) is 22.7 Å². The zero-order valence-corrected chi connectivity index (χ0v) is 20.3. The molecule has 0 radical (unpaired) electrons. The molecule has 2 aliphatic rings. The number of halogens is 6. The fourth-order valence-electron chi connectivity index (χ4n) is 5.87. The van der Waals surface area contributed by atoms with Crippen LogP contribution in [0.5, 0.6) is 0 Å². The molecule has 2 aromatic carbocycles. The predicted molar refractivity (Wildman–Crippen MR) is 128 cm³/mol. The van der Waals surface area contributed by atoms with Gasteiger partial charge in [-0.05, 0) is 67.0 Å². The van der Waals surface area contributed by atoms with Gasteiger partial charge < -0.3 is 5.11 Å². The number of fused-ring (bicyclic) bond motifs is 1. The van der Waals surface area contributed by atoms with Crippen molar-refractivity contribution < 1.29 is 31.4 Å². The van der Waals surface area contributed by atoms with E-state index >= 15 is 8.78 Å². The number of aliphatic hydroxyl groups is 1. The molecule has 196 valence electrons. The molecule has 3 unspecified atom stereocenters. The van der Waals surface area contributed by atoms with Gasteiger partial charge in [-0.3, -0.25) is 4.98 Å². The number of pyridine rings is 1. The van der Waals surface area contributed by atoms with Gasteiger partial charge in [-0.1, -0.05) is 38.0 Å². The van der Waals surface area contributed by atoms with Gasteiger partial charge in [0.1, 0.15) is 11.6 Å². The van der Waals surface area contributed by atoms with Crippen LogP contribution in [0.15, 0.2) is 42.5 Å². The Bertz CT molecular complexity index is 1300. The number of alkyl halides is 4. The molecule has 5 rings (SSSR count). The molecule has 37 heavy (non-hydrogen) atoms. The number of aromatic nitrogens is 1. The minimum atomic E-state index is -4.77. The zero-order chi connectivity index (χ0) is 26.5. The van der Waals surface area contributed by atoms with Gasteiger partial charge in [0, 0.05) is 28.3 Å². The Kier molecular flexibility index (Phi) is 6.81. The summed E-state index contributed by atoms with van der Waals surface area (Å²) >= 11 is 0. The molecule has 0 spiro atoms. The van der Waals surface area contributed by atoms with Crippen LogP contribution in [0.3, 0.4) is 0 Å². The van der Waals surface area contributed by atoms with Crippen molar-refractivity contribution >= 4 is 0 Å².